The van der Waals surface area contributed by atoms with Crippen molar-refractivity contribution in [3.63, 3.8) is 0 Å². The molecule has 0 amide bonds. The number of halogens is 3. The quantitative estimate of drug-likeness (QED) is 0.370. The van der Waals surface area contributed by atoms with Crippen LogP contribution in [0.25, 0.3) is 10.4 Å². The highest BCUT2D eigenvalue weighted by Gasteiger charge is 2.34. The third-order valence-corrected chi connectivity index (χ3v) is 6.50. The van der Waals surface area contributed by atoms with Crippen molar-refractivity contribution in [3.05, 3.63) is 52.9 Å². The summed E-state index contributed by atoms with van der Waals surface area (Å²) in [6.07, 6.45) is -1.31. The number of aliphatic hydroxyl groups is 1. The molecule has 35 heavy (non-hydrogen) atoms. The summed E-state index contributed by atoms with van der Waals surface area (Å²) in [5.74, 6) is -1.14. The number of anilines is 2. The van der Waals surface area contributed by atoms with Crippen LogP contribution in [-0.4, -0.2) is 61.3 Å². The molecule has 0 atom stereocenters. The van der Waals surface area contributed by atoms with Gasteiger partial charge in [0.2, 0.25) is 5.95 Å². The summed E-state index contributed by atoms with van der Waals surface area (Å²) in [7, 11) is 0. The van der Waals surface area contributed by atoms with Gasteiger partial charge in [0.25, 0.3) is 0 Å². The van der Waals surface area contributed by atoms with Crippen LogP contribution in [0.1, 0.15) is 30.1 Å². The minimum absolute atomic E-state index is 0.158. The number of carbonyl (C=O) groups is 1. The molecular weight excluding hydrogens is 483 g/mol. The molecule has 2 heterocycles. The Bertz CT molecular complexity index is 1180. The lowest BCUT2D eigenvalue weighted by Crippen LogP contribution is -2.51. The van der Waals surface area contributed by atoms with Crippen molar-refractivity contribution in [3.8, 4) is 10.4 Å². The zero-order chi connectivity index (χ0) is 25.8. The molecule has 0 bridgehead atoms. The zero-order valence-electron chi connectivity index (χ0n) is 19.4. The molecule has 188 valence electrons. The molecule has 2 aromatic heterocycles. The second kappa shape index (κ2) is 10.7. The van der Waals surface area contributed by atoms with E-state index in [1.165, 1.54) is 11.3 Å². The summed E-state index contributed by atoms with van der Waals surface area (Å²) in [6, 6.07) is 6.29. The molecule has 0 unspecified atom stereocenters. The first-order chi connectivity index (χ1) is 16.4. The molecule has 8 nitrogen and oxygen atoms in total. The van der Waals surface area contributed by atoms with Crippen molar-refractivity contribution in [2.45, 2.75) is 38.9 Å². The second-order valence-electron chi connectivity index (χ2n) is 8.42. The predicted molar refractivity (Wildman–Crippen MR) is 127 cm³/mol. The van der Waals surface area contributed by atoms with Gasteiger partial charge in [0, 0.05) is 37.6 Å². The van der Waals surface area contributed by atoms with Crippen LogP contribution in [0.4, 0.5) is 24.8 Å². The summed E-state index contributed by atoms with van der Waals surface area (Å²) in [5, 5.41) is 22.4. The molecule has 1 aromatic carbocycles. The maximum atomic E-state index is 13.0. The van der Waals surface area contributed by atoms with E-state index in [0.29, 0.717) is 18.7 Å². The first-order valence-corrected chi connectivity index (χ1v) is 11.5. The van der Waals surface area contributed by atoms with Crippen LogP contribution >= 0.6 is 11.3 Å². The third-order valence-electron chi connectivity index (χ3n) is 5.40. The van der Waals surface area contributed by atoms with E-state index >= 15 is 0 Å². The van der Waals surface area contributed by atoms with Gasteiger partial charge in [0.15, 0.2) is 0 Å². The highest BCUT2D eigenvalue weighted by molar-refractivity contribution is 7.15. The largest absolute Gasteiger partial charge is 0.480 e. The first kappa shape index (κ1) is 26.5. The number of β-amino-alcohol motifs (C(OH)–C–C–N with tert-alkyl or cyclic N) is 1. The number of nitrogens with zero attached hydrogens (tertiary/aromatic N) is 4. The monoisotopic (exact) mass is 509 g/mol. The summed E-state index contributed by atoms with van der Waals surface area (Å²) in [6.45, 7) is 5.52. The number of aromatic nitrogens is 3. The molecule has 0 saturated carbocycles. The molecule has 0 fully saturated rings. The van der Waals surface area contributed by atoms with E-state index in [4.69, 9.17) is 0 Å². The van der Waals surface area contributed by atoms with Gasteiger partial charge < -0.3 is 15.5 Å². The van der Waals surface area contributed by atoms with Crippen LogP contribution < -0.4 is 5.32 Å². The fourth-order valence-electron chi connectivity index (χ4n) is 3.42. The first-order valence-electron chi connectivity index (χ1n) is 10.7. The van der Waals surface area contributed by atoms with E-state index in [1.807, 2.05) is 13.0 Å². The van der Waals surface area contributed by atoms with Gasteiger partial charge in [0.1, 0.15) is 11.2 Å². The number of hydrogen-bond acceptors (Lipinski definition) is 8. The Labute approximate surface area is 204 Å². The average molecular weight is 510 g/mol. The number of aryl methyl sites for hydroxylation is 1. The van der Waals surface area contributed by atoms with Gasteiger partial charge >= 0.3 is 12.1 Å². The minimum atomic E-state index is -4.57. The lowest BCUT2D eigenvalue weighted by atomic mass is 10.0. The fraction of sp³-hybridized carbons (Fsp3) is 0.391. The summed E-state index contributed by atoms with van der Waals surface area (Å²) in [5.41, 5.74) is 0.0688. The van der Waals surface area contributed by atoms with Crippen molar-refractivity contribution in [1.29, 1.82) is 0 Å². The van der Waals surface area contributed by atoms with Gasteiger partial charge in [-0.05, 0) is 50.1 Å². The Kier molecular flexibility index (Phi) is 8.08. The van der Waals surface area contributed by atoms with E-state index in [1.54, 1.807) is 37.1 Å². The number of carboxylic acids is 1. The van der Waals surface area contributed by atoms with E-state index in [0.717, 1.165) is 33.3 Å². The van der Waals surface area contributed by atoms with Crippen molar-refractivity contribution in [2.75, 3.05) is 25.0 Å². The smallest absolute Gasteiger partial charge is 0.433 e. The molecule has 0 aliphatic heterocycles. The molecule has 12 heteroatoms. The van der Waals surface area contributed by atoms with Crippen LogP contribution in [0, 0.1) is 6.92 Å². The Hall–Kier alpha value is -3.09. The van der Waals surface area contributed by atoms with Gasteiger partial charge in [0.05, 0.1) is 16.5 Å². The number of benzene rings is 1. The predicted octanol–water partition coefficient (Wildman–Crippen LogP) is 4.37. The molecule has 0 aliphatic carbocycles. The number of rotatable bonds is 10. The number of aliphatic carboxylic acids is 1. The number of alkyl halides is 3. The summed E-state index contributed by atoms with van der Waals surface area (Å²) in [4.78, 5) is 26.0. The SMILES string of the molecule is Cc1cc(Nc2nccc(C(F)(F)F)n2)cc(-c2cnc(CCN(CCO)C(C)(C)C(=O)O)s2)c1. The van der Waals surface area contributed by atoms with Crippen LogP contribution in [0.5, 0.6) is 0 Å². The molecule has 3 rings (SSSR count). The average Bonchev–Trinajstić information content (AvgIpc) is 3.25. The van der Waals surface area contributed by atoms with Crippen molar-refractivity contribution >= 4 is 28.9 Å². The summed E-state index contributed by atoms with van der Waals surface area (Å²) < 4.78 is 38.9. The normalized spacial score (nSPS) is 12.2. The standard InChI is InChI=1S/C23H26F3N5O3S/c1-14-10-15(12-16(11-14)29-21-27-6-4-18(30-21)23(24,25)26)17-13-28-19(35-17)5-7-31(8-9-32)22(2,3)20(33)34/h4,6,10-13,32H,5,7-9H2,1-3H3,(H,33,34)(H,27,29,30). The van der Waals surface area contributed by atoms with E-state index in [2.05, 4.69) is 20.3 Å². The van der Waals surface area contributed by atoms with Crippen molar-refractivity contribution in [1.82, 2.24) is 19.9 Å². The maximum Gasteiger partial charge on any atom is 0.433 e. The van der Waals surface area contributed by atoms with Gasteiger partial charge in [-0.1, -0.05) is 6.07 Å². The molecule has 0 spiro atoms. The number of nitrogens with one attached hydrogen (secondary N) is 1. The number of thiazole rings is 1. The lowest BCUT2D eigenvalue weighted by molar-refractivity contribution is -0.149. The minimum Gasteiger partial charge on any atom is -0.480 e. The van der Waals surface area contributed by atoms with Crippen molar-refractivity contribution in [2.24, 2.45) is 0 Å². The van der Waals surface area contributed by atoms with Crippen molar-refractivity contribution < 1.29 is 28.2 Å². The lowest BCUT2D eigenvalue weighted by Gasteiger charge is -2.34. The zero-order valence-corrected chi connectivity index (χ0v) is 20.2. The molecule has 3 aromatic rings. The maximum absolute atomic E-state index is 13.0. The number of carboxylic acid groups (broad SMARTS) is 1. The topological polar surface area (TPSA) is 111 Å². The van der Waals surface area contributed by atoms with Crippen LogP contribution in [-0.2, 0) is 17.4 Å². The molecule has 0 aliphatic rings. The molecule has 0 saturated heterocycles. The van der Waals surface area contributed by atoms with Gasteiger partial charge in [-0.25, -0.2) is 15.0 Å². The molecule has 0 radical (unpaired) electrons. The molecular formula is C23H26F3N5O3S. The van der Waals surface area contributed by atoms with Gasteiger partial charge in [-0.3, -0.25) is 9.69 Å². The van der Waals surface area contributed by atoms with Crippen LogP contribution in [0.15, 0.2) is 36.7 Å². The highest BCUT2D eigenvalue weighted by Crippen LogP contribution is 2.32. The third kappa shape index (κ3) is 6.74. The summed E-state index contributed by atoms with van der Waals surface area (Å²) >= 11 is 1.44. The Morgan fingerprint density at radius 3 is 2.57 bits per heavy atom. The van der Waals surface area contributed by atoms with E-state index < -0.39 is 23.4 Å². The number of aliphatic hydroxyl groups excluding tert-OH is 1. The van der Waals surface area contributed by atoms with Gasteiger partial charge in [-0.15, -0.1) is 11.3 Å². The van der Waals surface area contributed by atoms with Crippen LogP contribution in [0.3, 0.4) is 0 Å². The Balaban J connectivity index is 1.76. The fourth-order valence-corrected chi connectivity index (χ4v) is 4.31. The van der Waals surface area contributed by atoms with Gasteiger partial charge in [-0.2, -0.15) is 13.2 Å². The Morgan fingerprint density at radius 1 is 1.17 bits per heavy atom. The Morgan fingerprint density at radius 2 is 1.91 bits per heavy atom. The van der Waals surface area contributed by atoms with E-state index in [9.17, 15) is 28.2 Å². The second-order valence-corrected chi connectivity index (χ2v) is 9.53. The molecule has 3 N–H and O–H groups in total. The van der Waals surface area contributed by atoms with Crippen LogP contribution in [0.2, 0.25) is 0 Å². The number of hydrogen-bond donors (Lipinski definition) is 3. The highest BCUT2D eigenvalue weighted by atomic mass is 32.1. The van der Waals surface area contributed by atoms with E-state index in [-0.39, 0.29) is 19.1 Å².